The molecule has 2 aromatic rings. The second-order valence-electron chi connectivity index (χ2n) is 5.07. The third kappa shape index (κ3) is 2.80. The molecule has 3 heteroatoms. The summed E-state index contributed by atoms with van der Waals surface area (Å²) in [6, 6.07) is 6.48. The van der Waals surface area contributed by atoms with Crippen LogP contribution in [0.2, 0.25) is 0 Å². The van der Waals surface area contributed by atoms with Crippen molar-refractivity contribution in [3.05, 3.63) is 29.6 Å². The van der Waals surface area contributed by atoms with Crippen LogP contribution in [0.3, 0.4) is 0 Å². The highest BCUT2D eigenvalue weighted by molar-refractivity contribution is 5.77. The molecule has 3 nitrogen and oxygen atoms in total. The maximum atomic E-state index is 5.47. The Labute approximate surface area is 115 Å². The minimum Gasteiger partial charge on any atom is -0.319 e. The third-order valence-electron chi connectivity index (χ3n) is 3.37. The highest BCUT2D eigenvalue weighted by Crippen LogP contribution is 2.22. The fraction of sp³-hybridized carbons (Fsp3) is 0.438. The van der Waals surface area contributed by atoms with E-state index in [1.54, 1.807) is 0 Å². The van der Waals surface area contributed by atoms with Crippen LogP contribution in [-0.2, 0) is 13.0 Å². The summed E-state index contributed by atoms with van der Waals surface area (Å²) >= 11 is 0. The van der Waals surface area contributed by atoms with Gasteiger partial charge in [-0.05, 0) is 30.7 Å². The number of hydrogen-bond acceptors (Lipinski definition) is 2. The van der Waals surface area contributed by atoms with Gasteiger partial charge in [-0.1, -0.05) is 25.8 Å². The molecule has 0 aliphatic carbocycles. The summed E-state index contributed by atoms with van der Waals surface area (Å²) in [4.78, 5) is 4.74. The molecular formula is C16H21N3. The van der Waals surface area contributed by atoms with Gasteiger partial charge < -0.3 is 9.88 Å². The number of fused-ring (bicyclic) bond motifs is 1. The quantitative estimate of drug-likeness (QED) is 0.832. The van der Waals surface area contributed by atoms with Crippen LogP contribution in [0, 0.1) is 12.3 Å². The topological polar surface area (TPSA) is 29.9 Å². The summed E-state index contributed by atoms with van der Waals surface area (Å²) in [5, 5.41) is 3.15. The molecule has 0 aliphatic rings. The van der Waals surface area contributed by atoms with Crippen molar-refractivity contribution in [3.63, 3.8) is 0 Å². The van der Waals surface area contributed by atoms with E-state index >= 15 is 0 Å². The maximum absolute atomic E-state index is 5.47. The lowest BCUT2D eigenvalue weighted by Gasteiger charge is -2.06. The number of rotatable bonds is 5. The second kappa shape index (κ2) is 5.90. The first-order valence-corrected chi connectivity index (χ1v) is 6.74. The molecule has 0 fully saturated rings. The number of likely N-dealkylation sites (N-methyl/N-ethyl adjacent to an activating group) is 1. The summed E-state index contributed by atoms with van der Waals surface area (Å²) in [6.07, 6.45) is 6.36. The number of nitrogens with zero attached hydrogens (tertiary/aromatic N) is 2. The van der Waals surface area contributed by atoms with Crippen LogP contribution < -0.4 is 5.32 Å². The largest absolute Gasteiger partial charge is 0.319 e. The zero-order valence-corrected chi connectivity index (χ0v) is 11.9. The molecule has 0 radical (unpaired) electrons. The van der Waals surface area contributed by atoms with Crippen LogP contribution in [0.15, 0.2) is 18.2 Å². The van der Waals surface area contributed by atoms with Crippen molar-refractivity contribution < 1.29 is 0 Å². The number of benzene rings is 1. The molecule has 0 amide bonds. The Kier molecular flexibility index (Phi) is 4.24. The molecule has 0 spiro atoms. The fourth-order valence-electron chi connectivity index (χ4n) is 2.25. The van der Waals surface area contributed by atoms with E-state index in [2.05, 4.69) is 47.9 Å². The Morgan fingerprint density at radius 3 is 2.84 bits per heavy atom. The van der Waals surface area contributed by atoms with Gasteiger partial charge in [0.2, 0.25) is 0 Å². The number of hydrogen-bond donors (Lipinski definition) is 1. The van der Waals surface area contributed by atoms with Gasteiger partial charge in [0.15, 0.2) is 0 Å². The van der Waals surface area contributed by atoms with E-state index < -0.39 is 0 Å². The summed E-state index contributed by atoms with van der Waals surface area (Å²) < 4.78 is 2.14. The average Bonchev–Trinajstić information content (AvgIpc) is 2.74. The first-order chi connectivity index (χ1) is 9.17. The molecule has 1 N–H and O–H groups in total. The van der Waals surface area contributed by atoms with Crippen LogP contribution in [0.1, 0.15) is 31.2 Å². The lowest BCUT2D eigenvalue weighted by atomic mass is 10.0. The monoisotopic (exact) mass is 255 g/mol. The summed E-state index contributed by atoms with van der Waals surface area (Å²) in [6.45, 7) is 5.88. The standard InChI is InChI=1S/C16H21N3/c1-5-10-19-15-7-6-13(12(2)3)11-14(15)18-16(19)8-9-17-4/h1,6-7,11-12,17H,8-10H2,2-4H3. The number of terminal acetylenes is 1. The molecule has 2 rings (SSSR count). The Balaban J connectivity index is 2.49. The lowest BCUT2D eigenvalue weighted by Crippen LogP contribution is -2.14. The van der Waals surface area contributed by atoms with Crippen molar-refractivity contribution in [3.8, 4) is 12.3 Å². The molecule has 100 valence electrons. The van der Waals surface area contributed by atoms with Gasteiger partial charge in [0.1, 0.15) is 5.82 Å². The van der Waals surface area contributed by atoms with E-state index in [1.165, 1.54) is 5.56 Å². The van der Waals surface area contributed by atoms with Gasteiger partial charge >= 0.3 is 0 Å². The molecule has 0 saturated heterocycles. The minimum absolute atomic E-state index is 0.517. The van der Waals surface area contributed by atoms with Gasteiger partial charge in [-0.25, -0.2) is 4.98 Å². The zero-order chi connectivity index (χ0) is 13.8. The Morgan fingerprint density at radius 2 is 2.21 bits per heavy atom. The fourth-order valence-corrected chi connectivity index (χ4v) is 2.25. The van der Waals surface area contributed by atoms with Crippen LogP contribution >= 0.6 is 0 Å². The van der Waals surface area contributed by atoms with Gasteiger partial charge in [-0.3, -0.25) is 0 Å². The Hall–Kier alpha value is -1.79. The molecule has 1 aromatic carbocycles. The first-order valence-electron chi connectivity index (χ1n) is 6.74. The SMILES string of the molecule is C#CCn1c(CCNC)nc2cc(C(C)C)ccc21. The predicted octanol–water partition coefficient (Wildman–Crippen LogP) is 2.55. The van der Waals surface area contributed by atoms with E-state index in [-0.39, 0.29) is 0 Å². The highest BCUT2D eigenvalue weighted by Gasteiger charge is 2.11. The minimum atomic E-state index is 0.517. The van der Waals surface area contributed by atoms with Gasteiger partial charge in [0, 0.05) is 13.0 Å². The highest BCUT2D eigenvalue weighted by atomic mass is 15.1. The van der Waals surface area contributed by atoms with Crippen LogP contribution in [0.25, 0.3) is 11.0 Å². The second-order valence-corrected chi connectivity index (χ2v) is 5.07. The van der Waals surface area contributed by atoms with Gasteiger partial charge in [-0.2, -0.15) is 0 Å². The molecule has 0 atom stereocenters. The van der Waals surface area contributed by atoms with Crippen molar-refractivity contribution in [1.82, 2.24) is 14.9 Å². The van der Waals surface area contributed by atoms with E-state index in [4.69, 9.17) is 11.4 Å². The molecule has 0 unspecified atom stereocenters. The molecule has 0 aliphatic heterocycles. The van der Waals surface area contributed by atoms with Crippen molar-refractivity contribution in [2.75, 3.05) is 13.6 Å². The average molecular weight is 255 g/mol. The molecular weight excluding hydrogens is 234 g/mol. The van der Waals surface area contributed by atoms with Crippen molar-refractivity contribution >= 4 is 11.0 Å². The smallest absolute Gasteiger partial charge is 0.111 e. The van der Waals surface area contributed by atoms with Gasteiger partial charge in [0.05, 0.1) is 17.6 Å². The number of imidazole rings is 1. The lowest BCUT2D eigenvalue weighted by molar-refractivity contribution is 0.709. The van der Waals surface area contributed by atoms with Crippen LogP contribution in [-0.4, -0.2) is 23.1 Å². The van der Waals surface area contributed by atoms with Gasteiger partial charge in [0.25, 0.3) is 0 Å². The Morgan fingerprint density at radius 1 is 1.42 bits per heavy atom. The van der Waals surface area contributed by atoms with Crippen LogP contribution in [0.4, 0.5) is 0 Å². The first kappa shape index (κ1) is 13.6. The van der Waals surface area contributed by atoms with Crippen molar-refractivity contribution in [2.45, 2.75) is 32.7 Å². The number of nitrogens with one attached hydrogen (secondary N) is 1. The van der Waals surface area contributed by atoms with E-state index in [0.717, 1.165) is 29.8 Å². The zero-order valence-electron chi connectivity index (χ0n) is 11.9. The molecule has 0 saturated carbocycles. The van der Waals surface area contributed by atoms with E-state index in [9.17, 15) is 0 Å². The molecule has 0 bridgehead atoms. The molecule has 19 heavy (non-hydrogen) atoms. The van der Waals surface area contributed by atoms with Gasteiger partial charge in [-0.15, -0.1) is 6.42 Å². The Bertz CT molecular complexity index is 602. The summed E-state index contributed by atoms with van der Waals surface area (Å²) in [5.41, 5.74) is 3.50. The molecule has 1 heterocycles. The van der Waals surface area contributed by atoms with Crippen molar-refractivity contribution in [1.29, 1.82) is 0 Å². The predicted molar refractivity (Wildman–Crippen MR) is 80.3 cm³/mol. The summed E-state index contributed by atoms with van der Waals surface area (Å²) in [7, 11) is 1.95. The summed E-state index contributed by atoms with van der Waals surface area (Å²) in [5.74, 6) is 4.29. The third-order valence-corrected chi connectivity index (χ3v) is 3.37. The molecule has 1 aromatic heterocycles. The van der Waals surface area contributed by atoms with E-state index in [0.29, 0.717) is 12.5 Å². The van der Waals surface area contributed by atoms with Crippen molar-refractivity contribution in [2.24, 2.45) is 0 Å². The normalized spacial score (nSPS) is 11.1. The number of aromatic nitrogens is 2. The van der Waals surface area contributed by atoms with E-state index in [1.807, 2.05) is 7.05 Å². The van der Waals surface area contributed by atoms with Crippen LogP contribution in [0.5, 0.6) is 0 Å². The maximum Gasteiger partial charge on any atom is 0.111 e.